The summed E-state index contributed by atoms with van der Waals surface area (Å²) in [5.74, 6) is -0.00468. The zero-order chi connectivity index (χ0) is 18.2. The number of amides is 2. The molecule has 0 radical (unpaired) electrons. The van der Waals surface area contributed by atoms with Gasteiger partial charge in [-0.1, -0.05) is 26.0 Å². The second kappa shape index (κ2) is 12.3. The maximum absolute atomic E-state index is 12.2. The number of pyridine rings is 1. The molecule has 0 fully saturated rings. The quantitative estimate of drug-likeness (QED) is 0.650. The normalized spacial score (nSPS) is 11.0. The van der Waals surface area contributed by atoms with E-state index in [2.05, 4.69) is 15.6 Å². The van der Waals surface area contributed by atoms with Gasteiger partial charge >= 0.3 is 0 Å². The summed E-state index contributed by atoms with van der Waals surface area (Å²) < 4.78 is 0. The molecule has 0 saturated heterocycles. The summed E-state index contributed by atoms with van der Waals surface area (Å²) in [7, 11) is 0. The Hall–Kier alpha value is -2.15. The lowest BCUT2D eigenvalue weighted by Gasteiger charge is -2.14. The first-order valence-electron chi connectivity index (χ1n) is 8.29. The first kappa shape index (κ1) is 24.8. The van der Waals surface area contributed by atoms with Gasteiger partial charge in [-0.3, -0.25) is 14.6 Å². The summed E-state index contributed by atoms with van der Waals surface area (Å²) >= 11 is 0. The lowest BCUT2D eigenvalue weighted by Crippen LogP contribution is -2.41. The van der Waals surface area contributed by atoms with Crippen LogP contribution in [0.25, 0.3) is 0 Å². The molecular formula is C19H26Cl2N4O2. The minimum atomic E-state index is -0.505. The van der Waals surface area contributed by atoms with Crippen molar-refractivity contribution in [2.75, 3.05) is 5.32 Å². The fourth-order valence-electron chi connectivity index (χ4n) is 2.40. The molecular weight excluding hydrogens is 387 g/mol. The number of benzene rings is 1. The molecule has 0 unspecified atom stereocenters. The zero-order valence-corrected chi connectivity index (χ0v) is 17.0. The Labute approximate surface area is 172 Å². The van der Waals surface area contributed by atoms with E-state index in [4.69, 9.17) is 5.73 Å². The Morgan fingerprint density at radius 2 is 1.78 bits per heavy atom. The van der Waals surface area contributed by atoms with Crippen molar-refractivity contribution >= 4 is 42.3 Å². The van der Waals surface area contributed by atoms with Crippen molar-refractivity contribution in [1.82, 2.24) is 10.3 Å². The molecule has 0 saturated carbocycles. The first-order valence-corrected chi connectivity index (χ1v) is 8.29. The zero-order valence-electron chi connectivity index (χ0n) is 15.3. The molecule has 1 atom stereocenters. The van der Waals surface area contributed by atoms with Crippen LogP contribution in [0.4, 0.5) is 5.69 Å². The largest absolute Gasteiger partial charge is 0.351 e. The van der Waals surface area contributed by atoms with Gasteiger partial charge in [0.2, 0.25) is 5.91 Å². The van der Waals surface area contributed by atoms with E-state index < -0.39 is 6.04 Å². The van der Waals surface area contributed by atoms with Crippen LogP contribution in [0.5, 0.6) is 0 Å². The fourth-order valence-corrected chi connectivity index (χ4v) is 2.40. The van der Waals surface area contributed by atoms with E-state index in [9.17, 15) is 9.59 Å². The van der Waals surface area contributed by atoms with Crippen LogP contribution in [0.1, 0.15) is 36.2 Å². The van der Waals surface area contributed by atoms with Crippen molar-refractivity contribution in [3.63, 3.8) is 0 Å². The number of nitrogens with zero attached hydrogens (tertiary/aromatic N) is 1. The number of aromatic nitrogens is 1. The topological polar surface area (TPSA) is 97.1 Å². The summed E-state index contributed by atoms with van der Waals surface area (Å²) in [6, 6.07) is 10.1. The van der Waals surface area contributed by atoms with Gasteiger partial charge < -0.3 is 16.4 Å². The molecule has 1 heterocycles. The van der Waals surface area contributed by atoms with E-state index in [-0.39, 0.29) is 36.6 Å². The van der Waals surface area contributed by atoms with Gasteiger partial charge in [-0.2, -0.15) is 0 Å². The van der Waals surface area contributed by atoms with E-state index in [1.54, 1.807) is 30.6 Å². The van der Waals surface area contributed by atoms with Crippen LogP contribution < -0.4 is 16.4 Å². The molecule has 0 spiro atoms. The molecule has 2 amide bonds. The van der Waals surface area contributed by atoms with Gasteiger partial charge in [0.1, 0.15) is 0 Å². The first-order chi connectivity index (χ1) is 12.0. The number of carbonyl (C=O) groups is 2. The predicted octanol–water partition coefficient (Wildman–Crippen LogP) is 3.17. The Morgan fingerprint density at radius 3 is 2.41 bits per heavy atom. The van der Waals surface area contributed by atoms with Gasteiger partial charge in [-0.05, 0) is 42.2 Å². The van der Waals surface area contributed by atoms with Crippen molar-refractivity contribution < 1.29 is 9.59 Å². The Morgan fingerprint density at radius 1 is 1.11 bits per heavy atom. The number of hydrogen-bond donors (Lipinski definition) is 3. The van der Waals surface area contributed by atoms with Gasteiger partial charge in [0.15, 0.2) is 0 Å². The second-order valence-corrected chi connectivity index (χ2v) is 6.34. The van der Waals surface area contributed by atoms with E-state index in [0.29, 0.717) is 30.1 Å². The van der Waals surface area contributed by atoms with Crippen LogP contribution in [0, 0.1) is 5.92 Å². The molecule has 0 aliphatic heterocycles. The lowest BCUT2D eigenvalue weighted by atomic mass is 10.0. The molecule has 27 heavy (non-hydrogen) atoms. The van der Waals surface area contributed by atoms with Gasteiger partial charge in [0, 0.05) is 30.2 Å². The van der Waals surface area contributed by atoms with Crippen LogP contribution in [0.3, 0.4) is 0 Å². The molecule has 1 aromatic heterocycles. The van der Waals surface area contributed by atoms with Crippen LogP contribution in [-0.2, 0) is 11.3 Å². The van der Waals surface area contributed by atoms with Gasteiger partial charge in [0.05, 0.1) is 6.04 Å². The number of carbonyl (C=O) groups excluding carboxylic acids is 2. The fraction of sp³-hybridized carbons (Fsp3) is 0.316. The molecule has 0 aliphatic carbocycles. The van der Waals surface area contributed by atoms with Crippen LogP contribution in [-0.4, -0.2) is 22.8 Å². The smallest absolute Gasteiger partial charge is 0.255 e. The Kier molecular flexibility index (Phi) is 11.3. The van der Waals surface area contributed by atoms with E-state index in [1.807, 2.05) is 32.0 Å². The number of hydrogen-bond acceptors (Lipinski definition) is 4. The lowest BCUT2D eigenvalue weighted by molar-refractivity contribution is -0.122. The van der Waals surface area contributed by atoms with E-state index in [1.165, 1.54) is 0 Å². The molecule has 0 bridgehead atoms. The van der Waals surface area contributed by atoms with Crippen molar-refractivity contribution in [2.24, 2.45) is 11.7 Å². The van der Waals surface area contributed by atoms with Crippen LogP contribution >= 0.6 is 24.8 Å². The summed E-state index contributed by atoms with van der Waals surface area (Å²) in [6.07, 6.45) is 3.79. The van der Waals surface area contributed by atoms with Crippen molar-refractivity contribution in [1.29, 1.82) is 0 Å². The number of rotatable bonds is 7. The predicted molar refractivity (Wildman–Crippen MR) is 112 cm³/mol. The molecule has 2 aromatic rings. The molecule has 4 N–H and O–H groups in total. The summed E-state index contributed by atoms with van der Waals surface area (Å²) in [5.41, 5.74) is 7.96. The molecule has 2 rings (SSSR count). The molecule has 6 nitrogen and oxygen atoms in total. The van der Waals surface area contributed by atoms with E-state index in [0.717, 1.165) is 5.56 Å². The number of nitrogens with one attached hydrogen (secondary N) is 2. The van der Waals surface area contributed by atoms with Crippen molar-refractivity contribution in [3.05, 3.63) is 59.9 Å². The molecule has 1 aromatic carbocycles. The van der Waals surface area contributed by atoms with Crippen LogP contribution in [0.2, 0.25) is 0 Å². The Balaban J connectivity index is 0.00000338. The highest BCUT2D eigenvalue weighted by molar-refractivity contribution is 6.04. The Bertz CT molecular complexity index is 727. The van der Waals surface area contributed by atoms with Gasteiger partial charge in [0.25, 0.3) is 5.91 Å². The summed E-state index contributed by atoms with van der Waals surface area (Å²) in [4.78, 5) is 28.0. The molecule has 148 valence electrons. The minimum absolute atomic E-state index is 0. The summed E-state index contributed by atoms with van der Waals surface area (Å²) in [6.45, 7) is 4.42. The number of nitrogens with two attached hydrogens (primary N) is 1. The third-order valence-corrected chi connectivity index (χ3v) is 3.66. The van der Waals surface area contributed by atoms with Crippen LogP contribution in [0.15, 0.2) is 48.8 Å². The SMILES string of the molecule is CC(C)C[C@H](N)C(=O)NCc1cccc(NC(=O)c2ccncc2)c1.Cl.Cl. The van der Waals surface area contributed by atoms with E-state index >= 15 is 0 Å². The van der Waals surface area contributed by atoms with Gasteiger partial charge in [-0.15, -0.1) is 24.8 Å². The highest BCUT2D eigenvalue weighted by Gasteiger charge is 2.14. The standard InChI is InChI=1S/C19H24N4O2.2ClH/c1-13(2)10-17(20)19(25)22-12-14-4-3-5-16(11-14)23-18(24)15-6-8-21-9-7-15;;/h3-9,11,13,17H,10,12,20H2,1-2H3,(H,22,25)(H,23,24);2*1H/t17-;;/m0../s1. The second-order valence-electron chi connectivity index (χ2n) is 6.34. The molecule has 8 heteroatoms. The third-order valence-electron chi connectivity index (χ3n) is 3.66. The number of anilines is 1. The maximum atomic E-state index is 12.2. The van der Waals surface area contributed by atoms with Crippen molar-refractivity contribution in [2.45, 2.75) is 32.9 Å². The summed E-state index contributed by atoms with van der Waals surface area (Å²) in [5, 5.41) is 5.66. The number of halogens is 2. The highest BCUT2D eigenvalue weighted by Crippen LogP contribution is 2.12. The average molecular weight is 413 g/mol. The van der Waals surface area contributed by atoms with Gasteiger partial charge in [-0.25, -0.2) is 0 Å². The average Bonchev–Trinajstić information content (AvgIpc) is 2.60. The third kappa shape index (κ3) is 8.39. The highest BCUT2D eigenvalue weighted by atomic mass is 35.5. The van der Waals surface area contributed by atoms with Crippen molar-refractivity contribution in [3.8, 4) is 0 Å². The molecule has 0 aliphatic rings. The monoisotopic (exact) mass is 412 g/mol. The maximum Gasteiger partial charge on any atom is 0.255 e. The minimum Gasteiger partial charge on any atom is -0.351 e.